The van der Waals surface area contributed by atoms with Gasteiger partial charge in [-0.05, 0) is 31.9 Å². The molecule has 1 N–H and O–H groups in total. The van der Waals surface area contributed by atoms with E-state index in [0.29, 0.717) is 12.6 Å². The number of ether oxygens (including phenoxy) is 1. The van der Waals surface area contributed by atoms with Crippen molar-refractivity contribution in [2.45, 2.75) is 31.7 Å². The van der Waals surface area contributed by atoms with Gasteiger partial charge in [-0.25, -0.2) is 4.39 Å². The molecule has 2 rings (SSSR count). The molecule has 1 unspecified atom stereocenters. The Morgan fingerprint density at radius 2 is 2.32 bits per heavy atom. The minimum Gasteiger partial charge on any atom is -0.490 e. The Bertz CT molecular complexity index is 448. The van der Waals surface area contributed by atoms with Crippen LogP contribution < -0.4 is 10.1 Å². The zero-order valence-electron chi connectivity index (χ0n) is 10.6. The number of nitro benzene ring substituents is 1. The number of hydrogen-bond donors (Lipinski definition) is 1. The first kappa shape index (κ1) is 13.7. The maximum atomic E-state index is 13.5. The fraction of sp³-hybridized carbons (Fsp3) is 0.538. The first-order valence-corrected chi connectivity index (χ1v) is 6.47. The first-order valence-electron chi connectivity index (χ1n) is 6.47. The van der Waals surface area contributed by atoms with Gasteiger partial charge in [-0.2, -0.15) is 0 Å². The average molecular weight is 268 g/mol. The third-order valence-corrected chi connectivity index (χ3v) is 3.26. The Morgan fingerprint density at radius 1 is 1.47 bits per heavy atom. The molecule has 0 amide bonds. The van der Waals surface area contributed by atoms with Crippen LogP contribution >= 0.6 is 0 Å². The minimum absolute atomic E-state index is 0.0707. The van der Waals surface area contributed by atoms with Crippen molar-refractivity contribution < 1.29 is 14.1 Å². The fourth-order valence-corrected chi connectivity index (χ4v) is 2.20. The summed E-state index contributed by atoms with van der Waals surface area (Å²) in [5.74, 6) is -0.618. The van der Waals surface area contributed by atoms with Gasteiger partial charge >= 0.3 is 0 Å². The molecule has 5 nitrogen and oxygen atoms in total. The first-order chi connectivity index (χ1) is 9.16. The van der Waals surface area contributed by atoms with Crippen LogP contribution in [0.3, 0.4) is 0 Å². The van der Waals surface area contributed by atoms with Gasteiger partial charge in [0.2, 0.25) is 0 Å². The summed E-state index contributed by atoms with van der Waals surface area (Å²) >= 11 is 0. The lowest BCUT2D eigenvalue weighted by Gasteiger charge is -2.23. The molecule has 19 heavy (non-hydrogen) atoms. The van der Waals surface area contributed by atoms with E-state index in [0.717, 1.165) is 25.5 Å². The van der Waals surface area contributed by atoms with Crippen LogP contribution in [0.15, 0.2) is 18.2 Å². The molecule has 1 saturated heterocycles. The second kappa shape index (κ2) is 6.47. The predicted octanol–water partition coefficient (Wildman–Crippen LogP) is 2.64. The molecular formula is C13H17FN2O3. The van der Waals surface area contributed by atoms with Crippen molar-refractivity contribution in [2.75, 3.05) is 13.2 Å². The Balaban J connectivity index is 1.83. The van der Waals surface area contributed by atoms with Crippen LogP contribution in [0.25, 0.3) is 0 Å². The van der Waals surface area contributed by atoms with Crippen molar-refractivity contribution in [2.24, 2.45) is 0 Å². The van der Waals surface area contributed by atoms with Gasteiger partial charge in [0.15, 0.2) is 11.6 Å². The van der Waals surface area contributed by atoms with Gasteiger partial charge in [-0.15, -0.1) is 0 Å². The molecule has 0 spiro atoms. The molecule has 0 bridgehead atoms. The van der Waals surface area contributed by atoms with E-state index in [-0.39, 0.29) is 11.4 Å². The molecule has 1 fully saturated rings. The summed E-state index contributed by atoms with van der Waals surface area (Å²) in [5, 5.41) is 13.9. The highest BCUT2D eigenvalue weighted by atomic mass is 19.1. The molecule has 104 valence electrons. The standard InChI is InChI=1S/C13H17FN2O3/c14-12-9-11(16(17)18)4-5-13(12)19-8-6-10-3-1-2-7-15-10/h4-5,9-10,15H,1-3,6-8H2. The van der Waals surface area contributed by atoms with Gasteiger partial charge in [-0.3, -0.25) is 10.1 Å². The Kier molecular flexibility index (Phi) is 4.68. The molecule has 1 heterocycles. The molecule has 0 radical (unpaired) electrons. The molecular weight excluding hydrogens is 251 g/mol. The van der Waals surface area contributed by atoms with Gasteiger partial charge in [0, 0.05) is 12.1 Å². The Labute approximate surface area is 110 Å². The lowest BCUT2D eigenvalue weighted by Crippen LogP contribution is -2.35. The van der Waals surface area contributed by atoms with Crippen molar-refractivity contribution in [1.29, 1.82) is 0 Å². The van der Waals surface area contributed by atoms with Crippen LogP contribution in [-0.2, 0) is 0 Å². The summed E-state index contributed by atoms with van der Waals surface area (Å²) in [6, 6.07) is 3.86. The van der Waals surface area contributed by atoms with E-state index in [1.54, 1.807) is 0 Å². The number of benzene rings is 1. The predicted molar refractivity (Wildman–Crippen MR) is 68.8 cm³/mol. The number of piperidine rings is 1. The van der Waals surface area contributed by atoms with E-state index in [2.05, 4.69) is 5.32 Å². The Morgan fingerprint density at radius 3 is 2.95 bits per heavy atom. The largest absolute Gasteiger partial charge is 0.490 e. The minimum atomic E-state index is -0.689. The van der Waals surface area contributed by atoms with E-state index in [1.165, 1.54) is 25.0 Å². The summed E-state index contributed by atoms with van der Waals surface area (Å²) in [4.78, 5) is 9.85. The maximum Gasteiger partial charge on any atom is 0.272 e. The van der Waals surface area contributed by atoms with E-state index in [9.17, 15) is 14.5 Å². The topological polar surface area (TPSA) is 64.4 Å². The number of hydrogen-bond acceptors (Lipinski definition) is 4. The van der Waals surface area contributed by atoms with Gasteiger partial charge in [0.05, 0.1) is 17.6 Å². The molecule has 0 saturated carbocycles. The summed E-state index contributed by atoms with van der Waals surface area (Å²) in [7, 11) is 0. The van der Waals surface area contributed by atoms with Gasteiger partial charge < -0.3 is 10.1 Å². The smallest absolute Gasteiger partial charge is 0.272 e. The van der Waals surface area contributed by atoms with Gasteiger partial charge in [0.25, 0.3) is 5.69 Å². The SMILES string of the molecule is O=[N+]([O-])c1ccc(OCCC2CCCCN2)c(F)c1. The molecule has 0 aromatic heterocycles. The number of nitrogens with zero attached hydrogens (tertiary/aromatic N) is 1. The summed E-state index contributed by atoms with van der Waals surface area (Å²) in [6.45, 7) is 1.43. The second-order valence-corrected chi connectivity index (χ2v) is 4.66. The summed E-state index contributed by atoms with van der Waals surface area (Å²) < 4.78 is 18.9. The molecule has 1 aliphatic rings. The molecule has 6 heteroatoms. The average Bonchev–Trinajstić information content (AvgIpc) is 2.41. The van der Waals surface area contributed by atoms with Crippen LogP contribution in [0.2, 0.25) is 0 Å². The third kappa shape index (κ3) is 3.89. The van der Waals surface area contributed by atoms with E-state index >= 15 is 0 Å². The van der Waals surface area contributed by atoms with Gasteiger partial charge in [-0.1, -0.05) is 6.42 Å². The zero-order chi connectivity index (χ0) is 13.7. The van der Waals surface area contributed by atoms with E-state index in [4.69, 9.17) is 4.74 Å². The van der Waals surface area contributed by atoms with Crippen molar-refractivity contribution in [3.63, 3.8) is 0 Å². The quantitative estimate of drug-likeness (QED) is 0.658. The van der Waals surface area contributed by atoms with Crippen molar-refractivity contribution in [1.82, 2.24) is 5.32 Å². The number of nitro groups is 1. The lowest BCUT2D eigenvalue weighted by molar-refractivity contribution is -0.385. The highest BCUT2D eigenvalue weighted by molar-refractivity contribution is 5.37. The number of rotatable bonds is 5. The van der Waals surface area contributed by atoms with E-state index < -0.39 is 10.7 Å². The summed E-state index contributed by atoms with van der Waals surface area (Å²) in [6.07, 6.45) is 4.35. The third-order valence-electron chi connectivity index (χ3n) is 3.26. The van der Waals surface area contributed by atoms with Crippen LogP contribution in [0.4, 0.5) is 10.1 Å². The zero-order valence-corrected chi connectivity index (χ0v) is 10.6. The van der Waals surface area contributed by atoms with Crippen molar-refractivity contribution in [3.05, 3.63) is 34.1 Å². The number of halogens is 1. The molecule has 1 aromatic carbocycles. The van der Waals surface area contributed by atoms with Crippen molar-refractivity contribution in [3.8, 4) is 5.75 Å². The maximum absolute atomic E-state index is 13.5. The number of non-ortho nitro benzene ring substituents is 1. The second-order valence-electron chi connectivity index (χ2n) is 4.66. The normalized spacial score (nSPS) is 19.1. The monoisotopic (exact) mass is 268 g/mol. The Hall–Kier alpha value is -1.69. The summed E-state index contributed by atoms with van der Waals surface area (Å²) in [5.41, 5.74) is -0.265. The fourth-order valence-electron chi connectivity index (χ4n) is 2.20. The van der Waals surface area contributed by atoms with E-state index in [1.807, 2.05) is 0 Å². The number of nitrogens with one attached hydrogen (secondary N) is 1. The van der Waals surface area contributed by atoms with Crippen LogP contribution in [-0.4, -0.2) is 24.1 Å². The van der Waals surface area contributed by atoms with Gasteiger partial charge in [0.1, 0.15) is 0 Å². The highest BCUT2D eigenvalue weighted by Gasteiger charge is 2.14. The van der Waals surface area contributed by atoms with Crippen LogP contribution in [0.5, 0.6) is 5.75 Å². The molecule has 1 aromatic rings. The molecule has 1 aliphatic heterocycles. The van der Waals surface area contributed by atoms with Crippen LogP contribution in [0, 0.1) is 15.9 Å². The highest BCUT2D eigenvalue weighted by Crippen LogP contribution is 2.22. The molecule has 1 atom stereocenters. The lowest BCUT2D eigenvalue weighted by atomic mass is 10.0. The molecule has 0 aliphatic carbocycles. The van der Waals surface area contributed by atoms with Crippen LogP contribution in [0.1, 0.15) is 25.7 Å². The van der Waals surface area contributed by atoms with Crippen molar-refractivity contribution >= 4 is 5.69 Å².